The number of fused-ring (bicyclic) bond motifs is 3. The van der Waals surface area contributed by atoms with Crippen LogP contribution in [-0.4, -0.2) is 27.9 Å². The highest BCUT2D eigenvalue weighted by molar-refractivity contribution is 8.00. The highest BCUT2D eigenvalue weighted by Crippen LogP contribution is 2.36. The molecule has 24 heavy (non-hydrogen) atoms. The van der Waals surface area contributed by atoms with E-state index in [4.69, 9.17) is 9.72 Å². The number of nitrogens with zero attached hydrogens (tertiary/aromatic N) is 2. The van der Waals surface area contributed by atoms with E-state index >= 15 is 0 Å². The summed E-state index contributed by atoms with van der Waals surface area (Å²) in [5, 5.41) is 0.991. The lowest BCUT2D eigenvalue weighted by Gasteiger charge is -2.17. The van der Waals surface area contributed by atoms with Crippen LogP contribution in [0.25, 0.3) is 10.2 Å². The predicted octanol–water partition coefficient (Wildman–Crippen LogP) is 3.26. The number of thioether (sulfide) groups is 1. The highest BCUT2D eigenvalue weighted by atomic mass is 32.2. The summed E-state index contributed by atoms with van der Waals surface area (Å²) >= 11 is 2.93. The zero-order valence-corrected chi connectivity index (χ0v) is 16.1. The van der Waals surface area contributed by atoms with Crippen molar-refractivity contribution in [3.8, 4) is 0 Å². The van der Waals surface area contributed by atoms with Crippen LogP contribution >= 0.6 is 23.1 Å². The van der Waals surface area contributed by atoms with Gasteiger partial charge in [0.15, 0.2) is 5.16 Å². The van der Waals surface area contributed by atoms with Crippen LogP contribution < -0.4 is 5.56 Å². The number of ether oxygens (including phenoxy) is 1. The Kier molecular flexibility index (Phi) is 5.01. The standard InChI is InChI=1S/C17H22N2O3S2/c1-5-19-15(20)13-11-7-6-9(2)8-12(11)24-14(13)18-17(19)23-10(3)16(21)22-4/h9-10H,5-8H2,1-4H3/t9-,10+/m1/s1. The molecule has 0 radical (unpaired) electrons. The minimum absolute atomic E-state index is 0.0223. The second kappa shape index (κ2) is 6.88. The van der Waals surface area contributed by atoms with Crippen molar-refractivity contribution in [3.05, 3.63) is 20.8 Å². The third-order valence-corrected chi connectivity index (χ3v) is 6.73. The van der Waals surface area contributed by atoms with Crippen molar-refractivity contribution < 1.29 is 9.53 Å². The predicted molar refractivity (Wildman–Crippen MR) is 98.1 cm³/mol. The van der Waals surface area contributed by atoms with E-state index < -0.39 is 5.25 Å². The molecule has 1 aliphatic rings. The van der Waals surface area contributed by atoms with Gasteiger partial charge in [0, 0.05) is 11.4 Å². The number of rotatable bonds is 4. The number of thiophene rings is 1. The fourth-order valence-electron chi connectivity index (χ4n) is 3.15. The zero-order valence-electron chi connectivity index (χ0n) is 14.4. The first-order valence-corrected chi connectivity index (χ1v) is 9.95. The molecule has 0 fully saturated rings. The van der Waals surface area contributed by atoms with Crippen LogP contribution in [0, 0.1) is 5.92 Å². The molecule has 0 bridgehead atoms. The normalized spacial score (nSPS) is 18.4. The van der Waals surface area contributed by atoms with Crippen molar-refractivity contribution in [1.82, 2.24) is 9.55 Å². The highest BCUT2D eigenvalue weighted by Gasteiger charge is 2.25. The van der Waals surface area contributed by atoms with Crippen molar-refractivity contribution in [3.63, 3.8) is 0 Å². The van der Waals surface area contributed by atoms with E-state index in [1.807, 2.05) is 6.92 Å². The Morgan fingerprint density at radius 1 is 1.54 bits per heavy atom. The van der Waals surface area contributed by atoms with E-state index in [-0.39, 0.29) is 11.5 Å². The second-order valence-electron chi connectivity index (χ2n) is 6.26. The van der Waals surface area contributed by atoms with Crippen LogP contribution in [0.3, 0.4) is 0 Å². The molecule has 0 amide bonds. The molecule has 0 N–H and O–H groups in total. The maximum Gasteiger partial charge on any atom is 0.318 e. The third-order valence-electron chi connectivity index (χ3n) is 4.51. The lowest BCUT2D eigenvalue weighted by atomic mass is 9.89. The molecule has 2 aromatic heterocycles. The lowest BCUT2D eigenvalue weighted by Crippen LogP contribution is -2.25. The van der Waals surface area contributed by atoms with Crippen LogP contribution in [0.1, 0.15) is 37.6 Å². The molecule has 5 nitrogen and oxygen atoms in total. The summed E-state index contributed by atoms with van der Waals surface area (Å²) in [6.07, 6.45) is 3.12. The van der Waals surface area contributed by atoms with E-state index in [9.17, 15) is 9.59 Å². The number of carbonyl (C=O) groups excluding carboxylic acids is 1. The average Bonchev–Trinajstić information content (AvgIpc) is 2.91. The molecule has 2 atom stereocenters. The van der Waals surface area contributed by atoms with Gasteiger partial charge in [0.25, 0.3) is 5.56 Å². The molecule has 0 aliphatic heterocycles. The van der Waals surface area contributed by atoms with Crippen molar-refractivity contribution in [2.45, 2.75) is 57.0 Å². The number of aryl methyl sites for hydroxylation is 1. The van der Waals surface area contributed by atoms with Gasteiger partial charge in [0.05, 0.1) is 12.5 Å². The van der Waals surface area contributed by atoms with Crippen LogP contribution in [0.15, 0.2) is 9.95 Å². The molecule has 0 aromatic carbocycles. The minimum Gasteiger partial charge on any atom is -0.468 e. The number of hydrogen-bond donors (Lipinski definition) is 0. The molecule has 0 unspecified atom stereocenters. The molecule has 7 heteroatoms. The van der Waals surface area contributed by atoms with Crippen molar-refractivity contribution in [1.29, 1.82) is 0 Å². The number of esters is 1. The lowest BCUT2D eigenvalue weighted by molar-refractivity contribution is -0.139. The fraction of sp³-hybridized carbons (Fsp3) is 0.588. The van der Waals surface area contributed by atoms with Gasteiger partial charge in [0.1, 0.15) is 10.1 Å². The van der Waals surface area contributed by atoms with E-state index in [1.54, 1.807) is 22.8 Å². The number of carbonyl (C=O) groups is 1. The quantitative estimate of drug-likeness (QED) is 0.472. The van der Waals surface area contributed by atoms with Crippen LogP contribution in [0.4, 0.5) is 0 Å². The Bertz CT molecular complexity index is 840. The summed E-state index contributed by atoms with van der Waals surface area (Å²) in [5.41, 5.74) is 1.22. The van der Waals surface area contributed by atoms with Crippen LogP contribution in [0.5, 0.6) is 0 Å². The number of hydrogen-bond acceptors (Lipinski definition) is 6. The van der Waals surface area contributed by atoms with Crippen molar-refractivity contribution in [2.75, 3.05) is 7.11 Å². The van der Waals surface area contributed by atoms with Gasteiger partial charge in [-0.25, -0.2) is 4.98 Å². The van der Waals surface area contributed by atoms with Gasteiger partial charge in [-0.1, -0.05) is 18.7 Å². The summed E-state index contributed by atoms with van der Waals surface area (Å²) in [7, 11) is 1.37. The van der Waals surface area contributed by atoms with Gasteiger partial charge < -0.3 is 4.74 Å². The van der Waals surface area contributed by atoms with Gasteiger partial charge in [-0.05, 0) is 44.6 Å². The molecule has 1 aliphatic carbocycles. The van der Waals surface area contributed by atoms with E-state index in [0.717, 1.165) is 29.5 Å². The molecule has 2 aromatic rings. The Hall–Kier alpha value is -1.34. The first-order valence-electron chi connectivity index (χ1n) is 8.25. The summed E-state index contributed by atoms with van der Waals surface area (Å²) in [5.74, 6) is 0.350. The SMILES string of the molecule is CCn1c(S[C@@H](C)C(=O)OC)nc2sc3c(c2c1=O)CC[C@@H](C)C3. The third kappa shape index (κ3) is 2.99. The van der Waals surface area contributed by atoms with Crippen molar-refractivity contribution in [2.24, 2.45) is 5.92 Å². The topological polar surface area (TPSA) is 61.2 Å². The Balaban J connectivity index is 2.11. The molecular weight excluding hydrogens is 344 g/mol. The number of methoxy groups -OCH3 is 1. The van der Waals surface area contributed by atoms with Gasteiger partial charge in [-0.3, -0.25) is 14.2 Å². The first kappa shape index (κ1) is 17.5. The van der Waals surface area contributed by atoms with Crippen molar-refractivity contribution >= 4 is 39.3 Å². The van der Waals surface area contributed by atoms with E-state index in [0.29, 0.717) is 17.6 Å². The Labute approximate surface area is 149 Å². The Morgan fingerprint density at radius 2 is 2.29 bits per heavy atom. The monoisotopic (exact) mass is 366 g/mol. The van der Waals surface area contributed by atoms with E-state index in [2.05, 4.69) is 6.92 Å². The van der Waals surface area contributed by atoms with E-state index in [1.165, 1.54) is 29.3 Å². The first-order chi connectivity index (χ1) is 11.5. The maximum absolute atomic E-state index is 13.0. The average molecular weight is 367 g/mol. The summed E-state index contributed by atoms with van der Waals surface area (Å²) in [6, 6.07) is 0. The smallest absolute Gasteiger partial charge is 0.318 e. The van der Waals surface area contributed by atoms with Crippen LogP contribution in [0.2, 0.25) is 0 Å². The number of aromatic nitrogens is 2. The molecule has 0 saturated heterocycles. The largest absolute Gasteiger partial charge is 0.468 e. The fourth-order valence-corrected chi connectivity index (χ4v) is 5.57. The molecule has 130 valence electrons. The van der Waals surface area contributed by atoms with Gasteiger partial charge >= 0.3 is 5.97 Å². The molecule has 2 heterocycles. The second-order valence-corrected chi connectivity index (χ2v) is 8.65. The molecule has 0 saturated carbocycles. The molecule has 0 spiro atoms. The van der Waals surface area contributed by atoms with Gasteiger partial charge in [-0.15, -0.1) is 11.3 Å². The summed E-state index contributed by atoms with van der Waals surface area (Å²) in [6.45, 7) is 6.50. The Morgan fingerprint density at radius 3 is 2.96 bits per heavy atom. The minimum atomic E-state index is -0.397. The zero-order chi connectivity index (χ0) is 17.4. The molecule has 3 rings (SSSR count). The van der Waals surface area contributed by atoms with Gasteiger partial charge in [-0.2, -0.15) is 0 Å². The summed E-state index contributed by atoms with van der Waals surface area (Å²) < 4.78 is 6.46. The van der Waals surface area contributed by atoms with Gasteiger partial charge in [0.2, 0.25) is 0 Å². The maximum atomic E-state index is 13.0. The molecular formula is C17H22N2O3S2. The van der Waals surface area contributed by atoms with Crippen LogP contribution in [-0.2, 0) is 28.9 Å². The summed E-state index contributed by atoms with van der Waals surface area (Å²) in [4.78, 5) is 31.6.